The van der Waals surface area contributed by atoms with Gasteiger partial charge < -0.3 is 0 Å². The van der Waals surface area contributed by atoms with Gasteiger partial charge in [-0.05, 0) is 0 Å². The summed E-state index contributed by atoms with van der Waals surface area (Å²) in [6.45, 7) is 0. The van der Waals surface area contributed by atoms with Crippen molar-refractivity contribution in [3.05, 3.63) is 0 Å². The summed E-state index contributed by atoms with van der Waals surface area (Å²) in [6.07, 6.45) is 3.13. The molecule has 0 spiro atoms. The van der Waals surface area contributed by atoms with Crippen LogP contribution in [0.1, 0.15) is 0 Å². The molecule has 0 saturated heterocycles. The molecule has 6 heavy (non-hydrogen) atoms. The minimum atomic E-state index is 0.405. The molecule has 1 rings (SSSR count). The standard InChI is InChI=1S/C3H2N2.Cu/c1-2-5-3-4-1;/h1-2H;/q;-1. The van der Waals surface area contributed by atoms with Gasteiger partial charge in [0.2, 0.25) is 0 Å². The van der Waals surface area contributed by atoms with Gasteiger partial charge in [0, 0.05) is 0 Å². The van der Waals surface area contributed by atoms with E-state index in [1.54, 1.807) is 12.4 Å². The molecule has 0 saturated carbocycles. The van der Waals surface area contributed by atoms with Gasteiger partial charge in [-0.15, -0.1) is 0 Å². The van der Waals surface area contributed by atoms with Crippen molar-refractivity contribution < 1.29 is 15.6 Å². The third-order valence-corrected chi connectivity index (χ3v) is 0.652. The molecule has 0 fully saturated rings. The Hall–Kier alpha value is -0.271. The van der Waals surface area contributed by atoms with Crippen LogP contribution in [-0.2, 0) is 15.6 Å². The van der Waals surface area contributed by atoms with Gasteiger partial charge in [0.15, 0.2) is 0 Å². The van der Waals surface area contributed by atoms with E-state index in [0.717, 1.165) is 0 Å². The summed E-state index contributed by atoms with van der Waals surface area (Å²) in [4.78, 5) is 7.22. The molecule has 0 radical (unpaired) electrons. The van der Waals surface area contributed by atoms with Crippen molar-refractivity contribution in [3.63, 3.8) is 0 Å². The predicted molar refractivity (Wildman–Crippen MR) is 22.0 cm³/mol. The molecule has 0 aromatic heterocycles. The van der Waals surface area contributed by atoms with E-state index in [4.69, 9.17) is 0 Å². The van der Waals surface area contributed by atoms with Crippen LogP contribution in [0.15, 0.2) is 9.98 Å². The molecule has 1 aliphatic rings. The van der Waals surface area contributed by atoms with Crippen molar-refractivity contribution in [2.24, 2.45) is 9.98 Å². The average Bonchev–Trinajstić information content (AvgIpc) is 1.86. The maximum atomic E-state index is 4.66. The maximum absolute atomic E-state index is 4.66. The van der Waals surface area contributed by atoms with Gasteiger partial charge in [0.1, 0.15) is 0 Å². The van der Waals surface area contributed by atoms with Crippen LogP contribution < -0.4 is 0 Å². The Bertz CT molecular complexity index is 111. The Morgan fingerprint density at radius 2 is 1.83 bits per heavy atom. The van der Waals surface area contributed by atoms with Gasteiger partial charge in [0.25, 0.3) is 0 Å². The van der Waals surface area contributed by atoms with Crippen molar-refractivity contribution in [2.45, 2.75) is 0 Å². The number of nitrogens with zero attached hydrogens (tertiary/aromatic N) is 2. The van der Waals surface area contributed by atoms with Crippen molar-refractivity contribution in [3.8, 4) is 0 Å². The van der Waals surface area contributed by atoms with Gasteiger partial charge in [-0.25, -0.2) is 0 Å². The van der Waals surface area contributed by atoms with Crippen molar-refractivity contribution in [2.75, 3.05) is 0 Å². The molecule has 0 aromatic rings. The molecule has 0 atom stereocenters. The molecule has 1 aliphatic heterocycles. The molecule has 1 heterocycles. The molecule has 2 nitrogen and oxygen atoms in total. The zero-order valence-corrected chi connectivity index (χ0v) is 3.79. The Balaban J connectivity index is 2.86. The first-order valence-corrected chi connectivity index (χ1v) is 1.92. The summed E-state index contributed by atoms with van der Waals surface area (Å²) in [7, 11) is 0. The topological polar surface area (TPSA) is 24.7 Å². The van der Waals surface area contributed by atoms with Crippen LogP contribution in [-0.4, -0.2) is 17.1 Å². The quantitative estimate of drug-likeness (QED) is 0.404. The Morgan fingerprint density at radius 3 is 2.00 bits per heavy atom. The Labute approximate surface area is 43.4 Å². The second-order valence-corrected chi connectivity index (χ2v) is 1.21. The summed E-state index contributed by atoms with van der Waals surface area (Å²) in [6, 6.07) is 0. The zero-order chi connectivity index (χ0) is 4.41. The monoisotopic (exact) mass is 129 g/mol. The molecular weight excluding hydrogens is 128 g/mol. The van der Waals surface area contributed by atoms with Crippen molar-refractivity contribution in [1.29, 1.82) is 0 Å². The van der Waals surface area contributed by atoms with E-state index >= 15 is 0 Å². The second kappa shape index (κ2) is 1.45. The second-order valence-electron chi connectivity index (χ2n) is 0.791. The van der Waals surface area contributed by atoms with Gasteiger partial charge in [0.05, 0.1) is 0 Å². The number of rotatable bonds is 0. The summed E-state index contributed by atoms with van der Waals surface area (Å²) < 4.78 is 0.405. The average molecular weight is 130 g/mol. The Morgan fingerprint density at radius 1 is 1.33 bits per heavy atom. The summed E-state index contributed by atoms with van der Waals surface area (Å²) in [5.74, 6) is 0. The molecule has 0 N–H and O–H groups in total. The number of hydrogen-bond acceptors (Lipinski definition) is 2. The van der Waals surface area contributed by atoms with Crippen LogP contribution in [0.4, 0.5) is 0 Å². The first kappa shape index (κ1) is 3.90. The van der Waals surface area contributed by atoms with E-state index in [-0.39, 0.29) is 0 Å². The molecule has 0 unspecified atom stereocenters. The van der Waals surface area contributed by atoms with Crippen molar-refractivity contribution in [1.82, 2.24) is 0 Å². The summed E-state index contributed by atoms with van der Waals surface area (Å²) in [5.41, 5.74) is 0. The molecule has 0 aliphatic carbocycles. The molecule has 0 bridgehead atoms. The van der Waals surface area contributed by atoms with Crippen LogP contribution in [0.25, 0.3) is 0 Å². The van der Waals surface area contributed by atoms with Crippen molar-refractivity contribution >= 4 is 17.1 Å². The molecule has 36 valence electrons. The fourth-order valence-electron chi connectivity index (χ4n) is 0.212. The summed E-state index contributed by atoms with van der Waals surface area (Å²) >= 11 is 4.66. The zero-order valence-electron chi connectivity index (χ0n) is 2.85. The fraction of sp³-hybridized carbons (Fsp3) is 0. The van der Waals surface area contributed by atoms with Crippen LogP contribution in [0.2, 0.25) is 0 Å². The first-order chi connectivity index (χ1) is 2.89. The Kier molecular flexibility index (Phi) is 0.945. The third kappa shape index (κ3) is 0.614. The van der Waals surface area contributed by atoms with Gasteiger partial charge in [-0.2, -0.15) is 0 Å². The minimum absolute atomic E-state index is 0.405. The van der Waals surface area contributed by atoms with E-state index < -0.39 is 0 Å². The number of hydrogen-bond donors (Lipinski definition) is 0. The molecule has 0 aromatic carbocycles. The fourth-order valence-corrected chi connectivity index (χ4v) is 0.352. The van der Waals surface area contributed by atoms with Gasteiger partial charge >= 0.3 is 42.7 Å². The van der Waals surface area contributed by atoms with Crippen LogP contribution in [0.5, 0.6) is 0 Å². The van der Waals surface area contributed by atoms with E-state index in [9.17, 15) is 0 Å². The molecular formula is C3H2CuN2-. The van der Waals surface area contributed by atoms with E-state index in [2.05, 4.69) is 25.6 Å². The number of aliphatic imine (C=N–C) groups is 2. The van der Waals surface area contributed by atoms with Gasteiger partial charge in [-0.1, -0.05) is 0 Å². The first-order valence-electron chi connectivity index (χ1n) is 1.45. The normalized spacial score (nSPS) is 17.3. The summed E-state index contributed by atoms with van der Waals surface area (Å²) in [5, 5.41) is 0. The van der Waals surface area contributed by atoms with E-state index in [1.807, 2.05) is 0 Å². The van der Waals surface area contributed by atoms with E-state index in [0.29, 0.717) is 4.67 Å². The van der Waals surface area contributed by atoms with Crippen LogP contribution in [0.3, 0.4) is 0 Å². The third-order valence-electron chi connectivity index (χ3n) is 0.409. The molecule has 0 amide bonds. The van der Waals surface area contributed by atoms with E-state index in [1.165, 1.54) is 0 Å². The SMILES string of the molecule is [Cu-]=[C]1N=CC=N1. The van der Waals surface area contributed by atoms with Gasteiger partial charge in [-0.3, -0.25) is 0 Å². The predicted octanol–water partition coefficient (Wildman–Crippen LogP) is -0.224. The van der Waals surface area contributed by atoms with Crippen LogP contribution >= 0.6 is 0 Å². The molecule has 3 heteroatoms. The van der Waals surface area contributed by atoms with Crippen LogP contribution in [0, 0.1) is 0 Å².